The van der Waals surface area contributed by atoms with Crippen molar-refractivity contribution in [2.24, 2.45) is 0 Å². The third-order valence-electron chi connectivity index (χ3n) is 3.97. The lowest BCUT2D eigenvalue weighted by atomic mass is 10.1. The van der Waals surface area contributed by atoms with Crippen molar-refractivity contribution in [2.45, 2.75) is 20.8 Å². The first-order chi connectivity index (χ1) is 10.5. The summed E-state index contributed by atoms with van der Waals surface area (Å²) in [4.78, 5) is 15.6. The minimum absolute atomic E-state index is 0.216. The predicted octanol–water partition coefficient (Wildman–Crippen LogP) is 4.48. The molecule has 3 nitrogen and oxygen atoms in total. The Bertz CT molecular complexity index is 860. The summed E-state index contributed by atoms with van der Waals surface area (Å²) in [5.41, 5.74) is 4.74. The molecule has 0 atom stereocenters. The zero-order valence-electron chi connectivity index (χ0n) is 12.8. The zero-order chi connectivity index (χ0) is 15.9. The minimum Gasteiger partial charge on any atom is -0.350 e. The Hall–Kier alpha value is -2.62. The van der Waals surface area contributed by atoms with Gasteiger partial charge in [0.15, 0.2) is 0 Å². The third kappa shape index (κ3) is 2.37. The summed E-state index contributed by atoms with van der Waals surface area (Å²) in [6.07, 6.45) is 0. The van der Waals surface area contributed by atoms with Crippen LogP contribution in [0.15, 0.2) is 36.4 Å². The number of anilines is 1. The van der Waals surface area contributed by atoms with Crippen LogP contribution < -0.4 is 5.32 Å². The Kier molecular flexibility index (Phi) is 3.45. The van der Waals surface area contributed by atoms with Gasteiger partial charge in [0.2, 0.25) is 0 Å². The fourth-order valence-electron chi connectivity index (χ4n) is 2.72. The molecule has 0 radical (unpaired) electrons. The highest BCUT2D eigenvalue weighted by molar-refractivity contribution is 6.08. The summed E-state index contributed by atoms with van der Waals surface area (Å²) in [7, 11) is 0. The number of carbonyl (C=O) groups is 1. The highest BCUT2D eigenvalue weighted by Crippen LogP contribution is 2.25. The van der Waals surface area contributed by atoms with Crippen molar-refractivity contribution in [3.05, 3.63) is 64.6 Å². The SMILES string of the molecule is Cc1cccc(C)c1NC(=O)c1[nH]c2cc(F)ccc2c1C. The maximum Gasteiger partial charge on any atom is 0.272 e. The van der Waals surface area contributed by atoms with Crippen molar-refractivity contribution < 1.29 is 9.18 Å². The molecule has 0 saturated heterocycles. The number of hydrogen-bond donors (Lipinski definition) is 2. The van der Waals surface area contributed by atoms with Gasteiger partial charge in [0, 0.05) is 16.6 Å². The Morgan fingerprint density at radius 1 is 1.09 bits per heavy atom. The van der Waals surface area contributed by atoms with Crippen LogP contribution in [0.3, 0.4) is 0 Å². The van der Waals surface area contributed by atoms with E-state index in [2.05, 4.69) is 10.3 Å². The molecule has 112 valence electrons. The number of aromatic nitrogens is 1. The summed E-state index contributed by atoms with van der Waals surface area (Å²) >= 11 is 0. The van der Waals surface area contributed by atoms with Gasteiger partial charge < -0.3 is 10.3 Å². The van der Waals surface area contributed by atoms with E-state index in [1.54, 1.807) is 6.07 Å². The molecule has 2 aromatic carbocycles. The summed E-state index contributed by atoms with van der Waals surface area (Å²) in [5, 5.41) is 3.80. The fraction of sp³-hybridized carbons (Fsp3) is 0.167. The van der Waals surface area contributed by atoms with Crippen molar-refractivity contribution in [3.8, 4) is 0 Å². The normalized spacial score (nSPS) is 10.9. The van der Waals surface area contributed by atoms with Gasteiger partial charge in [0.05, 0.1) is 0 Å². The van der Waals surface area contributed by atoms with Crippen LogP contribution in [-0.4, -0.2) is 10.9 Å². The average molecular weight is 296 g/mol. The molecule has 0 aliphatic heterocycles. The zero-order valence-corrected chi connectivity index (χ0v) is 12.8. The van der Waals surface area contributed by atoms with E-state index >= 15 is 0 Å². The van der Waals surface area contributed by atoms with Gasteiger partial charge in [0.25, 0.3) is 5.91 Å². The van der Waals surface area contributed by atoms with E-state index in [0.717, 1.165) is 27.8 Å². The summed E-state index contributed by atoms with van der Waals surface area (Å²) < 4.78 is 13.3. The number of amides is 1. The molecule has 0 unspecified atom stereocenters. The van der Waals surface area contributed by atoms with Gasteiger partial charge in [-0.15, -0.1) is 0 Å². The van der Waals surface area contributed by atoms with Crippen molar-refractivity contribution in [3.63, 3.8) is 0 Å². The van der Waals surface area contributed by atoms with Crippen LogP contribution in [0.5, 0.6) is 0 Å². The number of H-pyrrole nitrogens is 1. The minimum atomic E-state index is -0.324. The van der Waals surface area contributed by atoms with Gasteiger partial charge in [-0.05, 0) is 55.7 Å². The van der Waals surface area contributed by atoms with E-state index in [1.807, 2.05) is 39.0 Å². The van der Waals surface area contributed by atoms with Gasteiger partial charge >= 0.3 is 0 Å². The summed E-state index contributed by atoms with van der Waals surface area (Å²) in [5.74, 6) is -0.540. The smallest absolute Gasteiger partial charge is 0.272 e. The second-order valence-corrected chi connectivity index (χ2v) is 5.54. The van der Waals surface area contributed by atoms with Gasteiger partial charge in [-0.25, -0.2) is 4.39 Å². The molecule has 0 spiro atoms. The molecule has 2 N–H and O–H groups in total. The van der Waals surface area contributed by atoms with Crippen LogP contribution in [0, 0.1) is 26.6 Å². The molecule has 3 aromatic rings. The monoisotopic (exact) mass is 296 g/mol. The van der Waals surface area contributed by atoms with Crippen molar-refractivity contribution in [1.29, 1.82) is 0 Å². The van der Waals surface area contributed by atoms with Crippen LogP contribution in [0.2, 0.25) is 0 Å². The molecule has 0 fully saturated rings. The summed E-state index contributed by atoms with van der Waals surface area (Å²) in [6.45, 7) is 5.77. The number of nitrogens with one attached hydrogen (secondary N) is 2. The molecular formula is C18H17FN2O. The largest absolute Gasteiger partial charge is 0.350 e. The highest BCUT2D eigenvalue weighted by atomic mass is 19.1. The molecule has 0 aliphatic rings. The first-order valence-corrected chi connectivity index (χ1v) is 7.13. The second-order valence-electron chi connectivity index (χ2n) is 5.54. The molecule has 3 rings (SSSR count). The van der Waals surface area contributed by atoms with Crippen LogP contribution in [0.1, 0.15) is 27.2 Å². The van der Waals surface area contributed by atoms with Crippen molar-refractivity contribution in [2.75, 3.05) is 5.32 Å². The molecule has 1 aromatic heterocycles. The second kappa shape index (κ2) is 5.30. The number of para-hydroxylation sites is 1. The lowest BCUT2D eigenvalue weighted by Gasteiger charge is -2.11. The van der Waals surface area contributed by atoms with E-state index in [1.165, 1.54) is 12.1 Å². The topological polar surface area (TPSA) is 44.9 Å². The van der Waals surface area contributed by atoms with E-state index in [0.29, 0.717) is 11.2 Å². The molecule has 1 heterocycles. The Labute approximate surface area is 128 Å². The maximum atomic E-state index is 13.3. The number of rotatable bonds is 2. The Morgan fingerprint density at radius 2 is 1.77 bits per heavy atom. The third-order valence-corrected chi connectivity index (χ3v) is 3.97. The van der Waals surface area contributed by atoms with Crippen LogP contribution >= 0.6 is 0 Å². The van der Waals surface area contributed by atoms with Gasteiger partial charge in [0.1, 0.15) is 11.5 Å². The standard InChI is InChI=1S/C18H17FN2O/c1-10-5-4-6-11(2)16(10)21-18(22)17-12(3)14-8-7-13(19)9-15(14)20-17/h4-9,20H,1-3H3,(H,21,22). The Balaban J connectivity index is 2.01. The number of fused-ring (bicyclic) bond motifs is 1. The van der Waals surface area contributed by atoms with Gasteiger partial charge in [-0.1, -0.05) is 18.2 Å². The lowest BCUT2D eigenvalue weighted by molar-refractivity contribution is 0.102. The molecule has 0 aliphatic carbocycles. The maximum absolute atomic E-state index is 13.3. The number of halogens is 1. The molecule has 22 heavy (non-hydrogen) atoms. The first-order valence-electron chi connectivity index (χ1n) is 7.13. The number of benzene rings is 2. The van der Waals surface area contributed by atoms with Gasteiger partial charge in [-0.3, -0.25) is 4.79 Å². The molecular weight excluding hydrogens is 279 g/mol. The predicted molar refractivity (Wildman–Crippen MR) is 86.9 cm³/mol. The summed E-state index contributed by atoms with van der Waals surface area (Å²) in [6, 6.07) is 10.4. The number of carbonyl (C=O) groups excluding carboxylic acids is 1. The van der Waals surface area contributed by atoms with Crippen molar-refractivity contribution >= 4 is 22.5 Å². The average Bonchev–Trinajstić information content (AvgIpc) is 2.79. The molecule has 0 saturated carbocycles. The van der Waals surface area contributed by atoms with Crippen LogP contribution in [-0.2, 0) is 0 Å². The van der Waals surface area contributed by atoms with Crippen LogP contribution in [0.25, 0.3) is 10.9 Å². The van der Waals surface area contributed by atoms with Crippen LogP contribution in [0.4, 0.5) is 10.1 Å². The molecule has 1 amide bonds. The van der Waals surface area contributed by atoms with E-state index in [4.69, 9.17) is 0 Å². The number of aryl methyl sites for hydroxylation is 3. The first kappa shape index (κ1) is 14.3. The quantitative estimate of drug-likeness (QED) is 0.719. The highest BCUT2D eigenvalue weighted by Gasteiger charge is 2.16. The number of hydrogen-bond acceptors (Lipinski definition) is 1. The van der Waals surface area contributed by atoms with E-state index in [-0.39, 0.29) is 11.7 Å². The molecule has 0 bridgehead atoms. The lowest BCUT2D eigenvalue weighted by Crippen LogP contribution is -2.15. The van der Waals surface area contributed by atoms with Crippen molar-refractivity contribution in [1.82, 2.24) is 4.98 Å². The van der Waals surface area contributed by atoms with E-state index < -0.39 is 0 Å². The number of aromatic amines is 1. The Morgan fingerprint density at radius 3 is 2.45 bits per heavy atom. The fourth-order valence-corrected chi connectivity index (χ4v) is 2.72. The van der Waals surface area contributed by atoms with Gasteiger partial charge in [-0.2, -0.15) is 0 Å². The molecule has 4 heteroatoms. The van der Waals surface area contributed by atoms with E-state index in [9.17, 15) is 9.18 Å².